The zero-order chi connectivity index (χ0) is 12.6. The highest BCUT2D eigenvalue weighted by molar-refractivity contribution is 7.92. The van der Waals surface area contributed by atoms with Gasteiger partial charge < -0.3 is 5.32 Å². The van der Waals surface area contributed by atoms with Crippen molar-refractivity contribution in [2.45, 2.75) is 32.1 Å². The second kappa shape index (κ2) is 4.86. The fourth-order valence-electron chi connectivity index (χ4n) is 3.03. The number of hydrogen-bond donors (Lipinski definition) is 1. The Bertz CT molecular complexity index is 367. The van der Waals surface area contributed by atoms with Crippen LogP contribution < -0.4 is 5.32 Å². The van der Waals surface area contributed by atoms with Gasteiger partial charge in [-0.3, -0.25) is 4.90 Å². The van der Waals surface area contributed by atoms with Crippen LogP contribution in [0.3, 0.4) is 0 Å². The van der Waals surface area contributed by atoms with Crippen molar-refractivity contribution in [2.75, 3.05) is 31.9 Å². The van der Waals surface area contributed by atoms with E-state index in [-0.39, 0.29) is 5.25 Å². The van der Waals surface area contributed by atoms with Crippen molar-refractivity contribution < 1.29 is 8.42 Å². The van der Waals surface area contributed by atoms with E-state index in [1.54, 1.807) is 13.8 Å². The molecule has 2 rings (SSSR count). The average Bonchev–Trinajstić information content (AvgIpc) is 2.79. The summed E-state index contributed by atoms with van der Waals surface area (Å²) in [5.41, 5.74) is 0. The van der Waals surface area contributed by atoms with Crippen LogP contribution in [0.5, 0.6) is 0 Å². The van der Waals surface area contributed by atoms with Crippen LogP contribution in [0, 0.1) is 11.8 Å². The highest BCUT2D eigenvalue weighted by Gasteiger charge is 2.41. The van der Waals surface area contributed by atoms with Crippen molar-refractivity contribution in [3.8, 4) is 0 Å². The number of hydrogen-bond acceptors (Lipinski definition) is 4. The maximum Gasteiger partial charge on any atom is 0.153 e. The van der Waals surface area contributed by atoms with E-state index in [1.807, 2.05) is 0 Å². The molecule has 3 atom stereocenters. The summed E-state index contributed by atoms with van der Waals surface area (Å²) in [5.74, 6) is 1.76. The van der Waals surface area contributed by atoms with Gasteiger partial charge in [-0.25, -0.2) is 8.42 Å². The quantitative estimate of drug-likeness (QED) is 0.792. The number of likely N-dealkylation sites (tertiary alicyclic amines) is 1. The minimum absolute atomic E-state index is 0.249. The average molecular weight is 260 g/mol. The van der Waals surface area contributed by atoms with Crippen molar-refractivity contribution in [3.63, 3.8) is 0 Å². The largest absolute Gasteiger partial charge is 0.316 e. The molecule has 0 aromatic rings. The minimum Gasteiger partial charge on any atom is -0.316 e. The molecule has 3 unspecified atom stereocenters. The predicted octanol–water partition coefficient (Wildman–Crippen LogP) is 0.349. The molecule has 2 aliphatic heterocycles. The van der Waals surface area contributed by atoms with E-state index in [0.717, 1.165) is 31.5 Å². The second-order valence-corrected chi connectivity index (χ2v) is 8.41. The molecule has 5 heteroatoms. The third-order valence-corrected chi connectivity index (χ3v) is 6.63. The third kappa shape index (κ3) is 2.66. The summed E-state index contributed by atoms with van der Waals surface area (Å²) in [6, 6.07) is 0.525. The summed E-state index contributed by atoms with van der Waals surface area (Å²) in [5, 5.41) is 3.17. The molecule has 0 amide bonds. The number of sulfone groups is 1. The van der Waals surface area contributed by atoms with Crippen LogP contribution in [-0.2, 0) is 9.84 Å². The topological polar surface area (TPSA) is 49.4 Å². The first-order valence-corrected chi connectivity index (χ1v) is 8.29. The normalized spacial score (nSPS) is 34.5. The van der Waals surface area contributed by atoms with E-state index in [0.29, 0.717) is 18.3 Å². The van der Waals surface area contributed by atoms with E-state index >= 15 is 0 Å². The van der Waals surface area contributed by atoms with E-state index in [1.165, 1.54) is 0 Å². The lowest BCUT2D eigenvalue weighted by Crippen LogP contribution is -2.37. The van der Waals surface area contributed by atoms with Gasteiger partial charge in [0.05, 0.1) is 11.0 Å². The lowest BCUT2D eigenvalue weighted by Gasteiger charge is -2.24. The molecule has 2 heterocycles. The van der Waals surface area contributed by atoms with Crippen LogP contribution in [0.4, 0.5) is 0 Å². The molecule has 0 radical (unpaired) electrons. The maximum absolute atomic E-state index is 11.8. The first kappa shape index (κ1) is 13.3. The molecule has 0 spiro atoms. The predicted molar refractivity (Wildman–Crippen MR) is 69.8 cm³/mol. The molecule has 17 heavy (non-hydrogen) atoms. The summed E-state index contributed by atoms with van der Waals surface area (Å²) in [7, 11) is -2.89. The van der Waals surface area contributed by atoms with E-state index < -0.39 is 9.84 Å². The molecule has 2 saturated heterocycles. The highest BCUT2D eigenvalue weighted by Crippen LogP contribution is 2.31. The van der Waals surface area contributed by atoms with E-state index in [4.69, 9.17) is 0 Å². The Morgan fingerprint density at radius 3 is 2.65 bits per heavy atom. The van der Waals surface area contributed by atoms with Crippen molar-refractivity contribution >= 4 is 9.84 Å². The smallest absolute Gasteiger partial charge is 0.153 e. The molecular weight excluding hydrogens is 236 g/mol. The monoisotopic (exact) mass is 260 g/mol. The van der Waals surface area contributed by atoms with Crippen molar-refractivity contribution in [1.29, 1.82) is 0 Å². The van der Waals surface area contributed by atoms with Crippen molar-refractivity contribution in [1.82, 2.24) is 10.2 Å². The van der Waals surface area contributed by atoms with E-state index in [2.05, 4.69) is 17.1 Å². The zero-order valence-corrected chi connectivity index (χ0v) is 11.8. The van der Waals surface area contributed by atoms with Gasteiger partial charge in [0.25, 0.3) is 0 Å². The minimum atomic E-state index is -2.89. The molecule has 0 aliphatic carbocycles. The fraction of sp³-hybridized carbons (Fsp3) is 1.00. The first-order chi connectivity index (χ1) is 7.92. The Balaban J connectivity index is 1.89. The summed E-state index contributed by atoms with van der Waals surface area (Å²) < 4.78 is 23.6. The lowest BCUT2D eigenvalue weighted by atomic mass is 9.95. The van der Waals surface area contributed by atoms with Crippen molar-refractivity contribution in [2.24, 2.45) is 11.8 Å². The van der Waals surface area contributed by atoms with Crippen LogP contribution in [-0.4, -0.2) is 56.5 Å². The summed E-state index contributed by atoms with van der Waals surface area (Å²) in [6.07, 6.45) is 0. The van der Waals surface area contributed by atoms with Gasteiger partial charge in [-0.1, -0.05) is 0 Å². The molecule has 0 aromatic carbocycles. The van der Waals surface area contributed by atoms with Gasteiger partial charge in [0.2, 0.25) is 0 Å². The molecule has 4 nitrogen and oxygen atoms in total. The molecule has 0 saturated carbocycles. The zero-order valence-electron chi connectivity index (χ0n) is 11.0. The number of nitrogens with one attached hydrogen (secondary N) is 1. The van der Waals surface area contributed by atoms with Gasteiger partial charge in [-0.05, 0) is 45.7 Å². The lowest BCUT2D eigenvalue weighted by molar-refractivity contribution is 0.252. The van der Waals surface area contributed by atoms with E-state index in [9.17, 15) is 8.42 Å². The third-order valence-electron chi connectivity index (χ3n) is 4.44. The van der Waals surface area contributed by atoms with Gasteiger partial charge in [0.15, 0.2) is 9.84 Å². The van der Waals surface area contributed by atoms with Crippen LogP contribution in [0.25, 0.3) is 0 Å². The Labute approximate surface area is 105 Å². The van der Waals surface area contributed by atoms with Gasteiger partial charge in [-0.2, -0.15) is 0 Å². The Morgan fingerprint density at radius 1 is 1.35 bits per heavy atom. The number of nitrogens with zero attached hydrogens (tertiary/aromatic N) is 1. The van der Waals surface area contributed by atoms with Crippen LogP contribution in [0.2, 0.25) is 0 Å². The molecule has 1 N–H and O–H groups in total. The summed E-state index contributed by atoms with van der Waals surface area (Å²) >= 11 is 0. The standard InChI is InChI=1S/C12H24N2O2S/c1-9(2)17(15,16)5-4-14-8-11-6-13-7-12(11)10(14)3/h9-13H,4-8H2,1-3H3. The number of rotatable bonds is 4. The Kier molecular flexibility index (Phi) is 3.80. The van der Waals surface area contributed by atoms with Gasteiger partial charge >= 0.3 is 0 Å². The van der Waals surface area contributed by atoms with Crippen molar-refractivity contribution in [3.05, 3.63) is 0 Å². The van der Waals surface area contributed by atoms with Crippen LogP contribution in [0.15, 0.2) is 0 Å². The number of fused-ring (bicyclic) bond motifs is 1. The molecule has 2 fully saturated rings. The van der Waals surface area contributed by atoms with Crippen LogP contribution in [0.1, 0.15) is 20.8 Å². The molecule has 100 valence electrons. The molecule has 2 aliphatic rings. The fourth-order valence-corrected chi connectivity index (χ4v) is 3.99. The molecule has 0 bridgehead atoms. The Hall–Kier alpha value is -0.130. The van der Waals surface area contributed by atoms with Gasteiger partial charge in [0, 0.05) is 19.1 Å². The first-order valence-electron chi connectivity index (χ1n) is 6.58. The molecular formula is C12H24N2O2S. The molecule has 0 aromatic heterocycles. The maximum atomic E-state index is 11.8. The summed E-state index contributed by atoms with van der Waals surface area (Å²) in [6.45, 7) is 9.73. The summed E-state index contributed by atoms with van der Waals surface area (Å²) in [4.78, 5) is 2.36. The second-order valence-electron chi connectivity index (χ2n) is 5.73. The van der Waals surface area contributed by atoms with Gasteiger partial charge in [0.1, 0.15) is 0 Å². The van der Waals surface area contributed by atoms with Crippen LogP contribution >= 0.6 is 0 Å². The van der Waals surface area contributed by atoms with Gasteiger partial charge in [-0.15, -0.1) is 0 Å². The SMILES string of the molecule is CC1C2CNCC2CN1CCS(=O)(=O)C(C)C. The highest BCUT2D eigenvalue weighted by atomic mass is 32.2. The Morgan fingerprint density at radius 2 is 2.06 bits per heavy atom.